The van der Waals surface area contributed by atoms with Crippen LogP contribution in [0.15, 0.2) is 76.4 Å². The first-order valence-corrected chi connectivity index (χ1v) is 10.2. The van der Waals surface area contributed by atoms with Gasteiger partial charge >= 0.3 is 5.69 Å². The summed E-state index contributed by atoms with van der Waals surface area (Å²) in [5.41, 5.74) is -0.427. The van der Waals surface area contributed by atoms with Crippen LogP contribution in [-0.4, -0.2) is 20.4 Å². The molecule has 0 spiro atoms. The first kappa shape index (κ1) is 22.1. The SMILES string of the molecule is C[C@H](NC(=O)[C@@H](Cc1ccccc1)n1c(=O)[nH]c2cccnc2c1=O)c1ccc(F)cc1F. The zero-order valence-corrected chi connectivity index (χ0v) is 17.6. The second kappa shape index (κ2) is 9.15. The van der Waals surface area contributed by atoms with Gasteiger partial charge in [-0.25, -0.2) is 23.1 Å². The molecule has 4 aromatic rings. The molecule has 7 nitrogen and oxygen atoms in total. The molecule has 2 atom stereocenters. The Morgan fingerprint density at radius 3 is 2.58 bits per heavy atom. The smallest absolute Gasteiger partial charge is 0.329 e. The van der Waals surface area contributed by atoms with Gasteiger partial charge in [-0.05, 0) is 30.7 Å². The predicted octanol–water partition coefficient (Wildman–Crippen LogP) is 3.02. The Morgan fingerprint density at radius 1 is 1.09 bits per heavy atom. The van der Waals surface area contributed by atoms with Crippen molar-refractivity contribution in [3.05, 3.63) is 110 Å². The number of halogens is 2. The maximum atomic E-state index is 14.2. The molecule has 33 heavy (non-hydrogen) atoms. The van der Waals surface area contributed by atoms with Crippen LogP contribution in [0, 0.1) is 11.6 Å². The number of aromatic nitrogens is 3. The highest BCUT2D eigenvalue weighted by Gasteiger charge is 2.27. The first-order valence-electron chi connectivity index (χ1n) is 10.2. The van der Waals surface area contributed by atoms with Gasteiger partial charge in [0.1, 0.15) is 17.7 Å². The van der Waals surface area contributed by atoms with Crippen molar-refractivity contribution in [3.63, 3.8) is 0 Å². The van der Waals surface area contributed by atoms with Crippen molar-refractivity contribution in [1.29, 1.82) is 0 Å². The fourth-order valence-corrected chi connectivity index (χ4v) is 3.72. The van der Waals surface area contributed by atoms with E-state index in [0.29, 0.717) is 5.56 Å². The summed E-state index contributed by atoms with van der Waals surface area (Å²) in [5, 5.41) is 2.64. The Kier molecular flexibility index (Phi) is 6.12. The summed E-state index contributed by atoms with van der Waals surface area (Å²) in [4.78, 5) is 45.9. The number of benzene rings is 2. The molecule has 0 saturated carbocycles. The number of rotatable bonds is 6. The van der Waals surface area contributed by atoms with Gasteiger partial charge in [0.05, 0.1) is 11.6 Å². The average molecular weight is 450 g/mol. The lowest BCUT2D eigenvalue weighted by atomic mass is 10.0. The Labute approximate surface area is 186 Å². The molecule has 2 aromatic heterocycles. The largest absolute Gasteiger partial charge is 0.348 e. The number of nitrogens with one attached hydrogen (secondary N) is 2. The van der Waals surface area contributed by atoms with E-state index in [9.17, 15) is 23.2 Å². The van der Waals surface area contributed by atoms with Crippen LogP contribution in [-0.2, 0) is 11.2 Å². The molecule has 2 aromatic carbocycles. The number of hydrogen-bond acceptors (Lipinski definition) is 4. The molecule has 0 saturated heterocycles. The number of fused-ring (bicyclic) bond motifs is 1. The molecule has 0 aliphatic rings. The van der Waals surface area contributed by atoms with Gasteiger partial charge in [0.15, 0.2) is 5.52 Å². The van der Waals surface area contributed by atoms with E-state index in [4.69, 9.17) is 0 Å². The highest BCUT2D eigenvalue weighted by atomic mass is 19.1. The summed E-state index contributed by atoms with van der Waals surface area (Å²) in [7, 11) is 0. The molecule has 168 valence electrons. The normalized spacial score (nSPS) is 12.9. The summed E-state index contributed by atoms with van der Waals surface area (Å²) in [6, 6.07) is 13.0. The Bertz CT molecular complexity index is 1430. The van der Waals surface area contributed by atoms with Gasteiger partial charge in [0.2, 0.25) is 5.91 Å². The molecule has 4 rings (SSSR count). The average Bonchev–Trinajstić information content (AvgIpc) is 2.79. The highest BCUT2D eigenvalue weighted by Crippen LogP contribution is 2.20. The standard InChI is InChI=1S/C24H20F2N4O3/c1-14(17-10-9-16(25)13-18(17)26)28-22(31)20(12-15-6-3-2-4-7-15)30-23(32)21-19(29-24(30)33)8-5-11-27-21/h2-11,13-14,20H,12H2,1H3,(H,28,31)(H,29,33)/t14-,20+/m0/s1. The minimum absolute atomic E-state index is 0.0144. The number of carbonyl (C=O) groups is 1. The second-order valence-corrected chi connectivity index (χ2v) is 7.61. The summed E-state index contributed by atoms with van der Waals surface area (Å²) < 4.78 is 28.3. The van der Waals surface area contributed by atoms with E-state index in [1.54, 1.807) is 42.5 Å². The van der Waals surface area contributed by atoms with Gasteiger partial charge in [0.25, 0.3) is 5.56 Å². The molecule has 0 fully saturated rings. The molecule has 0 aliphatic carbocycles. The number of amides is 1. The lowest BCUT2D eigenvalue weighted by molar-refractivity contribution is -0.125. The third-order valence-corrected chi connectivity index (χ3v) is 5.36. The van der Waals surface area contributed by atoms with E-state index in [1.807, 2.05) is 0 Å². The van der Waals surface area contributed by atoms with Gasteiger partial charge < -0.3 is 10.3 Å². The highest BCUT2D eigenvalue weighted by molar-refractivity contribution is 5.81. The number of carbonyl (C=O) groups excluding carboxylic acids is 1. The fraction of sp³-hybridized carbons (Fsp3) is 0.167. The molecule has 9 heteroatoms. The van der Waals surface area contributed by atoms with Crippen LogP contribution in [0.1, 0.15) is 30.1 Å². The van der Waals surface area contributed by atoms with E-state index < -0.39 is 40.9 Å². The van der Waals surface area contributed by atoms with Crippen molar-refractivity contribution in [3.8, 4) is 0 Å². The molecule has 0 radical (unpaired) electrons. The Morgan fingerprint density at radius 2 is 1.85 bits per heavy atom. The van der Waals surface area contributed by atoms with Crippen LogP contribution in [0.3, 0.4) is 0 Å². The van der Waals surface area contributed by atoms with Crippen LogP contribution in [0.4, 0.5) is 8.78 Å². The van der Waals surface area contributed by atoms with Gasteiger partial charge in [-0.1, -0.05) is 36.4 Å². The number of hydrogen-bond donors (Lipinski definition) is 2. The quantitative estimate of drug-likeness (QED) is 0.472. The van der Waals surface area contributed by atoms with Gasteiger partial charge in [-0.3, -0.25) is 9.59 Å². The maximum Gasteiger partial charge on any atom is 0.329 e. The summed E-state index contributed by atoms with van der Waals surface area (Å²) in [6.07, 6.45) is 1.45. The third kappa shape index (κ3) is 4.57. The second-order valence-electron chi connectivity index (χ2n) is 7.61. The molecule has 2 heterocycles. The van der Waals surface area contributed by atoms with E-state index in [2.05, 4.69) is 15.3 Å². The summed E-state index contributed by atoms with van der Waals surface area (Å²) >= 11 is 0. The molecule has 0 aliphatic heterocycles. The monoisotopic (exact) mass is 450 g/mol. The van der Waals surface area contributed by atoms with Crippen LogP contribution in [0.2, 0.25) is 0 Å². The van der Waals surface area contributed by atoms with Crippen LogP contribution < -0.4 is 16.6 Å². The zero-order valence-electron chi connectivity index (χ0n) is 17.6. The van der Waals surface area contributed by atoms with E-state index in [0.717, 1.165) is 16.7 Å². The summed E-state index contributed by atoms with van der Waals surface area (Å²) in [5.74, 6) is -2.22. The molecule has 0 bridgehead atoms. The number of pyridine rings is 1. The van der Waals surface area contributed by atoms with Crippen LogP contribution in [0.25, 0.3) is 11.0 Å². The van der Waals surface area contributed by atoms with Crippen molar-refractivity contribution < 1.29 is 13.6 Å². The van der Waals surface area contributed by atoms with Gasteiger partial charge in [0, 0.05) is 24.2 Å². The molecule has 0 unspecified atom stereocenters. The van der Waals surface area contributed by atoms with Gasteiger partial charge in [-0.2, -0.15) is 0 Å². The molecule has 2 N–H and O–H groups in total. The van der Waals surface area contributed by atoms with E-state index in [1.165, 1.54) is 19.2 Å². The fourth-order valence-electron chi connectivity index (χ4n) is 3.72. The topological polar surface area (TPSA) is 96.8 Å². The van der Waals surface area contributed by atoms with Crippen molar-refractivity contribution in [2.24, 2.45) is 0 Å². The number of aromatic amines is 1. The van der Waals surface area contributed by atoms with Crippen LogP contribution in [0.5, 0.6) is 0 Å². The van der Waals surface area contributed by atoms with Crippen LogP contribution >= 0.6 is 0 Å². The summed E-state index contributed by atoms with van der Waals surface area (Å²) in [6.45, 7) is 1.53. The van der Waals surface area contributed by atoms with Gasteiger partial charge in [-0.15, -0.1) is 0 Å². The van der Waals surface area contributed by atoms with Crippen molar-refractivity contribution >= 4 is 16.9 Å². The molecular weight excluding hydrogens is 430 g/mol. The molecule has 1 amide bonds. The van der Waals surface area contributed by atoms with Crippen molar-refractivity contribution in [1.82, 2.24) is 19.9 Å². The lowest BCUT2D eigenvalue weighted by Crippen LogP contribution is -2.46. The lowest BCUT2D eigenvalue weighted by Gasteiger charge is -2.22. The Hall–Kier alpha value is -4.14. The predicted molar refractivity (Wildman–Crippen MR) is 119 cm³/mol. The minimum Gasteiger partial charge on any atom is -0.348 e. The first-order chi connectivity index (χ1) is 15.8. The van der Waals surface area contributed by atoms with E-state index >= 15 is 0 Å². The van der Waals surface area contributed by atoms with E-state index in [-0.39, 0.29) is 23.0 Å². The maximum absolute atomic E-state index is 14.2. The molecular formula is C24H20F2N4O3. The van der Waals surface area contributed by atoms with Crippen molar-refractivity contribution in [2.75, 3.05) is 0 Å². The van der Waals surface area contributed by atoms with Crippen molar-refractivity contribution in [2.45, 2.75) is 25.4 Å². The zero-order chi connectivity index (χ0) is 23.5. The number of nitrogens with zero attached hydrogens (tertiary/aromatic N) is 2. The minimum atomic E-state index is -1.24. The third-order valence-electron chi connectivity index (χ3n) is 5.36. The number of H-pyrrole nitrogens is 1. The Balaban J connectivity index is 1.76.